The lowest BCUT2D eigenvalue weighted by Gasteiger charge is -2.38. The molecule has 0 unspecified atom stereocenters. The first-order valence-corrected chi connectivity index (χ1v) is 17.6. The first-order chi connectivity index (χ1) is 20.8. The van der Waals surface area contributed by atoms with E-state index in [-0.39, 0.29) is 16.7 Å². The summed E-state index contributed by atoms with van der Waals surface area (Å²) in [5.41, 5.74) is 0. The first-order valence-electron chi connectivity index (χ1n) is 14.9. The lowest BCUT2D eigenvalue weighted by molar-refractivity contribution is -0.134. The van der Waals surface area contributed by atoms with E-state index in [2.05, 4.69) is 20.1 Å². The molecule has 0 saturated carbocycles. The fourth-order valence-corrected chi connectivity index (χ4v) is 9.12. The summed E-state index contributed by atoms with van der Waals surface area (Å²) in [4.78, 5) is 28.7. The van der Waals surface area contributed by atoms with Gasteiger partial charge in [0, 0.05) is 68.3 Å². The van der Waals surface area contributed by atoms with Crippen LogP contribution in [0.2, 0.25) is 5.02 Å². The smallest absolute Gasteiger partial charge is 0.253 e. The Kier molecular flexibility index (Phi) is 9.65. The van der Waals surface area contributed by atoms with Crippen LogP contribution in [-0.2, 0) is 19.6 Å². The Bertz CT molecular complexity index is 1520. The fourth-order valence-electron chi connectivity index (χ4n) is 5.91. The molecule has 232 valence electrons. The van der Waals surface area contributed by atoms with E-state index >= 15 is 0 Å². The van der Waals surface area contributed by atoms with Crippen molar-refractivity contribution in [2.45, 2.75) is 23.5 Å². The van der Waals surface area contributed by atoms with Crippen LogP contribution in [0.4, 0.5) is 11.8 Å². The van der Waals surface area contributed by atoms with Crippen molar-refractivity contribution in [2.24, 2.45) is 5.92 Å². The van der Waals surface area contributed by atoms with Crippen LogP contribution in [0.5, 0.6) is 0 Å². The molecular formula is C29H38ClN7O4S2. The fraction of sp³-hybridized carbons (Fsp3) is 0.552. The number of rotatable bonds is 10. The van der Waals surface area contributed by atoms with Crippen LogP contribution in [0.25, 0.3) is 10.1 Å². The molecule has 3 aliphatic heterocycles. The number of hydrogen-bond acceptors (Lipinski definition) is 10. The number of piperazine rings is 1. The van der Waals surface area contributed by atoms with Crippen LogP contribution in [0.1, 0.15) is 19.3 Å². The number of sulfonamides is 1. The minimum Gasteiger partial charge on any atom is -0.379 e. The normalized spacial score (nSPS) is 19.8. The van der Waals surface area contributed by atoms with Crippen LogP contribution >= 0.6 is 22.9 Å². The zero-order valence-corrected chi connectivity index (χ0v) is 26.5. The Morgan fingerprint density at radius 2 is 1.86 bits per heavy atom. The number of nitrogens with zero attached hydrogens (tertiary/aromatic N) is 6. The number of halogens is 1. The van der Waals surface area contributed by atoms with Crippen molar-refractivity contribution in [2.75, 3.05) is 88.9 Å². The molecule has 1 aromatic carbocycles. The van der Waals surface area contributed by atoms with Crippen molar-refractivity contribution >= 4 is 60.7 Å². The molecule has 11 nitrogen and oxygen atoms in total. The van der Waals surface area contributed by atoms with E-state index in [4.69, 9.17) is 21.3 Å². The van der Waals surface area contributed by atoms with E-state index in [9.17, 15) is 13.2 Å². The molecule has 14 heteroatoms. The van der Waals surface area contributed by atoms with E-state index in [1.54, 1.807) is 24.4 Å². The Morgan fingerprint density at radius 1 is 1.05 bits per heavy atom. The summed E-state index contributed by atoms with van der Waals surface area (Å²) >= 11 is 7.26. The summed E-state index contributed by atoms with van der Waals surface area (Å²) in [6, 6.07) is 8.95. The van der Waals surface area contributed by atoms with Crippen LogP contribution in [0.3, 0.4) is 0 Å². The lowest BCUT2D eigenvalue weighted by Crippen LogP contribution is -2.53. The maximum atomic E-state index is 13.3. The van der Waals surface area contributed by atoms with Gasteiger partial charge in [0.2, 0.25) is 11.9 Å². The number of carbonyl (C=O) groups excluding carboxylic acids is 1. The van der Waals surface area contributed by atoms with Crippen LogP contribution in [-0.4, -0.2) is 117 Å². The van der Waals surface area contributed by atoms with Gasteiger partial charge >= 0.3 is 0 Å². The molecule has 3 aromatic rings. The summed E-state index contributed by atoms with van der Waals surface area (Å²) in [6.45, 7) is 8.44. The molecule has 0 atom stereocenters. The Hall–Kier alpha value is -2.55. The summed E-state index contributed by atoms with van der Waals surface area (Å²) < 4.78 is 34.4. The molecule has 6 rings (SSSR count). The average Bonchev–Trinajstić information content (AvgIpc) is 3.46. The van der Waals surface area contributed by atoms with E-state index in [0.29, 0.717) is 36.5 Å². The van der Waals surface area contributed by atoms with Crippen molar-refractivity contribution < 1.29 is 17.9 Å². The standard InChI is InChI=1S/C29H38ClN7O4S2/c30-24-3-2-23-18-28(42-25(23)19-24)43(39,40)37-13-12-36(27(38)21-37)20-22-5-10-35(11-6-22)26-4-8-32-29(33-26)31-7-1-9-34-14-16-41-17-15-34/h2-4,8,18-19,22H,1,5-7,9-17,20-21H2,(H,31,32,33). The lowest BCUT2D eigenvalue weighted by atomic mass is 9.96. The van der Waals surface area contributed by atoms with E-state index < -0.39 is 10.0 Å². The van der Waals surface area contributed by atoms with Crippen molar-refractivity contribution in [1.82, 2.24) is 24.1 Å². The van der Waals surface area contributed by atoms with Gasteiger partial charge < -0.3 is 19.9 Å². The third kappa shape index (κ3) is 7.40. The number of benzene rings is 1. The van der Waals surface area contributed by atoms with Gasteiger partial charge in [-0.3, -0.25) is 9.69 Å². The van der Waals surface area contributed by atoms with Crippen LogP contribution in [0.15, 0.2) is 40.7 Å². The molecule has 5 heterocycles. The molecule has 0 radical (unpaired) electrons. The molecule has 0 aliphatic carbocycles. The Labute approximate surface area is 261 Å². The summed E-state index contributed by atoms with van der Waals surface area (Å²) in [5, 5.41) is 4.76. The number of amides is 1. The van der Waals surface area contributed by atoms with Gasteiger partial charge in [-0.05, 0) is 61.4 Å². The molecule has 3 aliphatic rings. The molecule has 1 amide bonds. The summed E-state index contributed by atoms with van der Waals surface area (Å²) in [7, 11) is -3.75. The molecule has 43 heavy (non-hydrogen) atoms. The van der Waals surface area contributed by atoms with Crippen molar-refractivity contribution in [3.63, 3.8) is 0 Å². The third-order valence-corrected chi connectivity index (χ3v) is 12.1. The molecule has 2 aromatic heterocycles. The number of fused-ring (bicyclic) bond motifs is 1. The predicted octanol–water partition coefficient (Wildman–Crippen LogP) is 3.23. The second-order valence-corrected chi connectivity index (χ2v) is 15.0. The zero-order valence-electron chi connectivity index (χ0n) is 24.2. The number of piperidine rings is 1. The average molecular weight is 648 g/mol. The highest BCUT2D eigenvalue weighted by Crippen LogP contribution is 2.33. The third-order valence-electron chi connectivity index (χ3n) is 8.43. The van der Waals surface area contributed by atoms with Gasteiger partial charge in [0.15, 0.2) is 0 Å². The van der Waals surface area contributed by atoms with Gasteiger partial charge in [0.05, 0.1) is 19.8 Å². The van der Waals surface area contributed by atoms with E-state index in [0.717, 1.165) is 87.6 Å². The first kappa shape index (κ1) is 30.5. The molecule has 3 fully saturated rings. The highest BCUT2D eigenvalue weighted by atomic mass is 35.5. The Balaban J connectivity index is 0.956. The molecule has 0 spiro atoms. The minimum atomic E-state index is -3.75. The molecule has 1 N–H and O–H groups in total. The number of aromatic nitrogens is 2. The number of carbonyl (C=O) groups is 1. The summed E-state index contributed by atoms with van der Waals surface area (Å²) in [5.74, 6) is 1.80. The monoisotopic (exact) mass is 647 g/mol. The number of hydrogen-bond donors (Lipinski definition) is 1. The minimum absolute atomic E-state index is 0.126. The van der Waals surface area contributed by atoms with Crippen molar-refractivity contribution in [1.29, 1.82) is 0 Å². The number of nitrogens with one attached hydrogen (secondary N) is 1. The van der Waals surface area contributed by atoms with Crippen LogP contribution in [0, 0.1) is 5.92 Å². The topological polar surface area (TPSA) is 111 Å². The van der Waals surface area contributed by atoms with Crippen molar-refractivity contribution in [3.05, 3.63) is 41.6 Å². The molecule has 3 saturated heterocycles. The van der Waals surface area contributed by atoms with Gasteiger partial charge in [-0.25, -0.2) is 13.4 Å². The maximum absolute atomic E-state index is 13.3. The maximum Gasteiger partial charge on any atom is 0.253 e. The predicted molar refractivity (Wildman–Crippen MR) is 170 cm³/mol. The van der Waals surface area contributed by atoms with Gasteiger partial charge in [0.25, 0.3) is 10.0 Å². The second-order valence-electron chi connectivity index (χ2n) is 11.3. The van der Waals surface area contributed by atoms with Gasteiger partial charge in [-0.2, -0.15) is 9.29 Å². The quantitative estimate of drug-likeness (QED) is 0.332. The van der Waals surface area contributed by atoms with Crippen molar-refractivity contribution in [3.8, 4) is 0 Å². The van der Waals surface area contributed by atoms with Crippen LogP contribution < -0.4 is 10.2 Å². The highest BCUT2D eigenvalue weighted by Gasteiger charge is 2.35. The second kappa shape index (κ2) is 13.6. The SMILES string of the molecule is O=C1CN(S(=O)(=O)c2cc3ccc(Cl)cc3s2)CCN1CC1CCN(c2ccnc(NCCCN3CCOCC3)n2)CC1. The largest absolute Gasteiger partial charge is 0.379 e. The van der Waals surface area contributed by atoms with Gasteiger partial charge in [-0.15, -0.1) is 11.3 Å². The van der Waals surface area contributed by atoms with E-state index in [1.807, 2.05) is 17.0 Å². The number of morpholine rings is 1. The number of ether oxygens (including phenoxy) is 1. The molecular weight excluding hydrogens is 610 g/mol. The van der Waals surface area contributed by atoms with E-state index in [1.165, 1.54) is 15.6 Å². The highest BCUT2D eigenvalue weighted by molar-refractivity contribution is 7.91. The Morgan fingerprint density at radius 3 is 2.65 bits per heavy atom. The van der Waals surface area contributed by atoms with Gasteiger partial charge in [-0.1, -0.05) is 17.7 Å². The number of thiophene rings is 1. The number of anilines is 2. The summed E-state index contributed by atoms with van der Waals surface area (Å²) in [6.07, 6.45) is 4.72. The van der Waals surface area contributed by atoms with Gasteiger partial charge in [0.1, 0.15) is 10.0 Å². The molecule has 0 bridgehead atoms. The zero-order chi connectivity index (χ0) is 29.8.